The van der Waals surface area contributed by atoms with Gasteiger partial charge in [0.05, 0.1) is 5.69 Å². The molecule has 0 aliphatic carbocycles. The van der Waals surface area contributed by atoms with Gasteiger partial charge in [0.25, 0.3) is 0 Å². The van der Waals surface area contributed by atoms with Crippen LogP contribution in [0.5, 0.6) is 5.06 Å². The van der Waals surface area contributed by atoms with Crippen LogP contribution < -0.4 is 0 Å². The summed E-state index contributed by atoms with van der Waals surface area (Å²) in [6.45, 7) is 4.00. The molecule has 0 aliphatic rings. The van der Waals surface area contributed by atoms with Crippen molar-refractivity contribution in [2.45, 2.75) is 26.7 Å². The first kappa shape index (κ1) is 11.1. The first-order chi connectivity index (χ1) is 7.70. The Morgan fingerprint density at radius 3 is 2.44 bits per heavy atom. The van der Waals surface area contributed by atoms with E-state index >= 15 is 0 Å². The lowest BCUT2D eigenvalue weighted by Crippen LogP contribution is -1.83. The van der Waals surface area contributed by atoms with Gasteiger partial charge in [-0.15, -0.1) is 0 Å². The Hall–Kier alpha value is -1.35. The first-order valence-corrected chi connectivity index (χ1v) is 6.28. The summed E-state index contributed by atoms with van der Waals surface area (Å²) in [6, 6.07) is 8.41. The zero-order valence-corrected chi connectivity index (χ0v) is 10.3. The molecule has 0 saturated carbocycles. The van der Waals surface area contributed by atoms with Gasteiger partial charge in [0.15, 0.2) is 5.06 Å². The van der Waals surface area contributed by atoms with Gasteiger partial charge in [0.1, 0.15) is 5.01 Å². The molecule has 2 rings (SSSR count). The maximum absolute atomic E-state index is 9.50. The molecule has 84 valence electrons. The third-order valence-corrected chi connectivity index (χ3v) is 3.52. The van der Waals surface area contributed by atoms with E-state index in [4.69, 9.17) is 0 Å². The molecule has 1 aromatic heterocycles. The van der Waals surface area contributed by atoms with Gasteiger partial charge in [0.2, 0.25) is 0 Å². The SMILES string of the molecule is CCCc1ccc(-c2nc(C)c(O)s2)cc1. The average Bonchev–Trinajstić information content (AvgIpc) is 2.61. The van der Waals surface area contributed by atoms with Crippen LogP contribution in [-0.2, 0) is 6.42 Å². The van der Waals surface area contributed by atoms with Gasteiger partial charge in [-0.2, -0.15) is 0 Å². The third-order valence-electron chi connectivity index (χ3n) is 2.51. The number of nitrogens with zero attached hydrogens (tertiary/aromatic N) is 1. The Bertz CT molecular complexity index is 454. The van der Waals surface area contributed by atoms with E-state index in [9.17, 15) is 5.11 Å². The van der Waals surface area contributed by atoms with Crippen LogP contribution in [0.25, 0.3) is 10.6 Å². The molecular formula is C13H15NOS. The van der Waals surface area contributed by atoms with Gasteiger partial charge in [-0.3, -0.25) is 0 Å². The lowest BCUT2D eigenvalue weighted by atomic mass is 10.1. The van der Waals surface area contributed by atoms with E-state index in [1.807, 2.05) is 6.92 Å². The van der Waals surface area contributed by atoms with Gasteiger partial charge in [-0.1, -0.05) is 48.9 Å². The van der Waals surface area contributed by atoms with E-state index < -0.39 is 0 Å². The highest BCUT2D eigenvalue weighted by Crippen LogP contribution is 2.32. The molecule has 2 nitrogen and oxygen atoms in total. The molecule has 0 fully saturated rings. The van der Waals surface area contributed by atoms with Crippen LogP contribution in [0, 0.1) is 6.92 Å². The highest BCUT2D eigenvalue weighted by molar-refractivity contribution is 7.16. The predicted octanol–water partition coefficient (Wildman–Crippen LogP) is 3.78. The smallest absolute Gasteiger partial charge is 0.195 e. The summed E-state index contributed by atoms with van der Waals surface area (Å²) in [5, 5.41) is 10.7. The summed E-state index contributed by atoms with van der Waals surface area (Å²) >= 11 is 1.33. The van der Waals surface area contributed by atoms with Crippen LogP contribution in [0.1, 0.15) is 24.6 Å². The van der Waals surface area contributed by atoms with Crippen molar-refractivity contribution < 1.29 is 5.11 Å². The predicted molar refractivity (Wildman–Crippen MR) is 67.9 cm³/mol. The highest BCUT2D eigenvalue weighted by Gasteiger charge is 2.07. The minimum absolute atomic E-state index is 0.313. The van der Waals surface area contributed by atoms with E-state index in [1.165, 1.54) is 16.9 Å². The molecule has 0 bridgehead atoms. The molecule has 0 unspecified atom stereocenters. The lowest BCUT2D eigenvalue weighted by Gasteiger charge is -1.99. The van der Waals surface area contributed by atoms with E-state index in [-0.39, 0.29) is 0 Å². The molecule has 0 amide bonds. The summed E-state index contributed by atoms with van der Waals surface area (Å²) in [5.41, 5.74) is 3.13. The second-order valence-corrected chi connectivity index (χ2v) is 4.83. The fourth-order valence-electron chi connectivity index (χ4n) is 1.61. The molecular weight excluding hydrogens is 218 g/mol. The molecule has 0 spiro atoms. The number of aromatic hydroxyl groups is 1. The Kier molecular flexibility index (Phi) is 3.25. The quantitative estimate of drug-likeness (QED) is 0.875. The van der Waals surface area contributed by atoms with Gasteiger partial charge >= 0.3 is 0 Å². The highest BCUT2D eigenvalue weighted by atomic mass is 32.1. The van der Waals surface area contributed by atoms with Crippen LogP contribution in [0.15, 0.2) is 24.3 Å². The van der Waals surface area contributed by atoms with Gasteiger partial charge in [-0.05, 0) is 18.9 Å². The molecule has 0 saturated heterocycles. The second kappa shape index (κ2) is 4.66. The van der Waals surface area contributed by atoms with Crippen molar-refractivity contribution >= 4 is 11.3 Å². The minimum Gasteiger partial charge on any atom is -0.498 e. The van der Waals surface area contributed by atoms with Crippen LogP contribution >= 0.6 is 11.3 Å². The first-order valence-electron chi connectivity index (χ1n) is 5.46. The molecule has 1 aromatic carbocycles. The molecule has 2 aromatic rings. The van der Waals surface area contributed by atoms with Crippen molar-refractivity contribution in [3.05, 3.63) is 35.5 Å². The number of rotatable bonds is 3. The van der Waals surface area contributed by atoms with Gasteiger partial charge < -0.3 is 5.11 Å². The van der Waals surface area contributed by atoms with Crippen LogP contribution in [0.3, 0.4) is 0 Å². The summed E-state index contributed by atoms with van der Waals surface area (Å²) in [4.78, 5) is 4.32. The molecule has 1 heterocycles. The second-order valence-electron chi connectivity index (χ2n) is 3.86. The summed E-state index contributed by atoms with van der Waals surface area (Å²) < 4.78 is 0. The molecule has 0 atom stereocenters. The third kappa shape index (κ3) is 2.25. The standard InChI is InChI=1S/C13H15NOS/c1-3-4-10-5-7-11(8-6-10)12-14-9(2)13(15)16-12/h5-8,15H,3-4H2,1-2H3. The van der Waals surface area contributed by atoms with Crippen molar-refractivity contribution in [2.75, 3.05) is 0 Å². The summed E-state index contributed by atoms with van der Waals surface area (Å²) in [5.74, 6) is 0. The number of aromatic nitrogens is 1. The van der Waals surface area contributed by atoms with E-state index in [0.29, 0.717) is 10.8 Å². The Morgan fingerprint density at radius 2 is 1.94 bits per heavy atom. The fourth-order valence-corrected chi connectivity index (χ4v) is 2.43. The maximum atomic E-state index is 9.50. The molecule has 0 aliphatic heterocycles. The largest absolute Gasteiger partial charge is 0.498 e. The Labute approximate surface area is 99.6 Å². The number of aryl methyl sites for hydroxylation is 2. The summed E-state index contributed by atoms with van der Waals surface area (Å²) in [6.07, 6.45) is 2.28. The topological polar surface area (TPSA) is 33.1 Å². The van der Waals surface area contributed by atoms with E-state index in [2.05, 4.69) is 36.2 Å². The average molecular weight is 233 g/mol. The van der Waals surface area contributed by atoms with Crippen LogP contribution in [0.2, 0.25) is 0 Å². The Morgan fingerprint density at radius 1 is 1.25 bits per heavy atom. The molecule has 0 radical (unpaired) electrons. The normalized spacial score (nSPS) is 10.6. The maximum Gasteiger partial charge on any atom is 0.195 e. The lowest BCUT2D eigenvalue weighted by molar-refractivity contribution is 0.485. The van der Waals surface area contributed by atoms with E-state index in [1.54, 1.807) is 0 Å². The Balaban J connectivity index is 2.27. The van der Waals surface area contributed by atoms with Crippen LogP contribution in [0.4, 0.5) is 0 Å². The van der Waals surface area contributed by atoms with Gasteiger partial charge in [0, 0.05) is 5.56 Å². The molecule has 1 N–H and O–H groups in total. The minimum atomic E-state index is 0.313. The molecule has 16 heavy (non-hydrogen) atoms. The van der Waals surface area contributed by atoms with Crippen molar-refractivity contribution in [1.29, 1.82) is 0 Å². The zero-order valence-electron chi connectivity index (χ0n) is 9.53. The van der Waals surface area contributed by atoms with Crippen molar-refractivity contribution in [3.8, 4) is 15.6 Å². The summed E-state index contributed by atoms with van der Waals surface area (Å²) in [7, 11) is 0. The van der Waals surface area contributed by atoms with Crippen molar-refractivity contribution in [3.63, 3.8) is 0 Å². The van der Waals surface area contributed by atoms with Crippen molar-refractivity contribution in [2.24, 2.45) is 0 Å². The molecule has 3 heteroatoms. The number of hydrogen-bond acceptors (Lipinski definition) is 3. The van der Waals surface area contributed by atoms with Crippen LogP contribution in [-0.4, -0.2) is 10.1 Å². The van der Waals surface area contributed by atoms with Crippen molar-refractivity contribution in [1.82, 2.24) is 4.98 Å². The van der Waals surface area contributed by atoms with Gasteiger partial charge in [-0.25, -0.2) is 4.98 Å². The zero-order chi connectivity index (χ0) is 11.5. The fraction of sp³-hybridized carbons (Fsp3) is 0.308. The number of thiazole rings is 1. The van der Waals surface area contributed by atoms with E-state index in [0.717, 1.165) is 23.4 Å². The monoisotopic (exact) mass is 233 g/mol. The number of benzene rings is 1. The number of hydrogen-bond donors (Lipinski definition) is 1.